The van der Waals surface area contributed by atoms with Crippen LogP contribution in [0.3, 0.4) is 0 Å². The lowest BCUT2D eigenvalue weighted by molar-refractivity contribution is -0.113. The van der Waals surface area contributed by atoms with Crippen molar-refractivity contribution in [2.75, 3.05) is 11.1 Å². The van der Waals surface area contributed by atoms with Crippen LogP contribution in [0, 0.1) is 0 Å². The maximum atomic E-state index is 11.7. The fourth-order valence-electron chi connectivity index (χ4n) is 1.43. The molecule has 0 spiro atoms. The maximum Gasteiger partial charge on any atom is 0.277 e. The lowest BCUT2D eigenvalue weighted by atomic mass is 10.3. The molecular formula is C12H9N5O2S2. The third kappa shape index (κ3) is 3.64. The molecule has 1 N–H and O–H groups in total. The molecule has 0 aromatic carbocycles. The number of nitrogens with zero attached hydrogens (tertiary/aromatic N) is 4. The molecule has 3 heterocycles. The third-order valence-electron chi connectivity index (χ3n) is 2.30. The van der Waals surface area contributed by atoms with Crippen molar-refractivity contribution >= 4 is 34.1 Å². The summed E-state index contributed by atoms with van der Waals surface area (Å²) in [4.78, 5) is 19.8. The average molecular weight is 319 g/mol. The maximum absolute atomic E-state index is 11.7. The Morgan fingerprint density at radius 3 is 3.00 bits per heavy atom. The van der Waals surface area contributed by atoms with Gasteiger partial charge in [-0.25, -0.2) is 4.98 Å². The van der Waals surface area contributed by atoms with Crippen LogP contribution in [0.4, 0.5) is 5.13 Å². The molecule has 7 nitrogen and oxygen atoms in total. The molecule has 3 rings (SSSR count). The van der Waals surface area contributed by atoms with E-state index in [-0.39, 0.29) is 11.7 Å². The first-order valence-corrected chi connectivity index (χ1v) is 7.75. The number of rotatable bonds is 5. The van der Waals surface area contributed by atoms with Gasteiger partial charge in [-0.3, -0.25) is 9.78 Å². The van der Waals surface area contributed by atoms with E-state index in [0.717, 1.165) is 11.8 Å². The number of hydrogen-bond donors (Lipinski definition) is 1. The van der Waals surface area contributed by atoms with Gasteiger partial charge in [-0.1, -0.05) is 17.8 Å². The van der Waals surface area contributed by atoms with Crippen LogP contribution >= 0.6 is 23.1 Å². The van der Waals surface area contributed by atoms with Crippen LogP contribution in [-0.4, -0.2) is 31.8 Å². The third-order valence-corrected chi connectivity index (χ3v) is 3.80. The standard InChI is InChI=1S/C12H9N5O2S2/c18-9(15-11-14-5-6-20-11)7-21-12-17-16-10(19-12)8-3-1-2-4-13-8/h1-6H,7H2,(H,14,15,18). The van der Waals surface area contributed by atoms with Gasteiger partial charge in [0.2, 0.25) is 5.91 Å². The molecule has 0 bridgehead atoms. The highest BCUT2D eigenvalue weighted by Crippen LogP contribution is 2.21. The molecule has 0 radical (unpaired) electrons. The van der Waals surface area contributed by atoms with E-state index < -0.39 is 0 Å². The SMILES string of the molecule is O=C(CSc1nnc(-c2ccccn2)o1)Nc1nccs1. The molecule has 9 heteroatoms. The lowest BCUT2D eigenvalue weighted by Crippen LogP contribution is -2.13. The summed E-state index contributed by atoms with van der Waals surface area (Å²) >= 11 is 2.52. The first-order valence-electron chi connectivity index (χ1n) is 5.88. The summed E-state index contributed by atoms with van der Waals surface area (Å²) in [6.07, 6.45) is 3.28. The number of carbonyl (C=O) groups excluding carboxylic acids is 1. The summed E-state index contributed by atoms with van der Waals surface area (Å²) < 4.78 is 5.44. The zero-order chi connectivity index (χ0) is 14.5. The quantitative estimate of drug-likeness (QED) is 0.721. The minimum Gasteiger partial charge on any atom is -0.410 e. The second kappa shape index (κ2) is 6.46. The number of aromatic nitrogens is 4. The topological polar surface area (TPSA) is 93.8 Å². The van der Waals surface area contributed by atoms with E-state index in [1.807, 2.05) is 6.07 Å². The molecule has 0 fully saturated rings. The molecule has 3 aromatic heterocycles. The van der Waals surface area contributed by atoms with Crippen LogP contribution in [0.5, 0.6) is 0 Å². The van der Waals surface area contributed by atoms with Crippen molar-refractivity contribution in [2.45, 2.75) is 5.22 Å². The zero-order valence-electron chi connectivity index (χ0n) is 10.6. The predicted molar refractivity (Wildman–Crippen MR) is 79.0 cm³/mol. The van der Waals surface area contributed by atoms with Crippen molar-refractivity contribution in [3.63, 3.8) is 0 Å². The van der Waals surface area contributed by atoms with Gasteiger partial charge in [0.05, 0.1) is 5.75 Å². The van der Waals surface area contributed by atoms with E-state index in [0.29, 0.717) is 21.9 Å². The van der Waals surface area contributed by atoms with Gasteiger partial charge < -0.3 is 9.73 Å². The Morgan fingerprint density at radius 2 is 2.24 bits per heavy atom. The number of carbonyl (C=O) groups is 1. The Balaban J connectivity index is 1.56. The van der Waals surface area contributed by atoms with Crippen molar-refractivity contribution in [3.05, 3.63) is 36.0 Å². The minimum absolute atomic E-state index is 0.170. The lowest BCUT2D eigenvalue weighted by Gasteiger charge is -1.98. The van der Waals surface area contributed by atoms with E-state index in [1.54, 1.807) is 29.9 Å². The molecule has 21 heavy (non-hydrogen) atoms. The predicted octanol–water partition coefficient (Wildman–Crippen LogP) is 2.32. The van der Waals surface area contributed by atoms with Crippen LogP contribution in [0.25, 0.3) is 11.6 Å². The molecule has 0 saturated heterocycles. The molecule has 106 valence electrons. The van der Waals surface area contributed by atoms with Crippen LogP contribution in [0.15, 0.2) is 45.6 Å². The van der Waals surface area contributed by atoms with Gasteiger partial charge in [0.1, 0.15) is 5.69 Å². The molecular weight excluding hydrogens is 310 g/mol. The number of nitrogens with one attached hydrogen (secondary N) is 1. The fraction of sp³-hybridized carbons (Fsp3) is 0.0833. The van der Waals surface area contributed by atoms with Gasteiger partial charge in [0, 0.05) is 17.8 Å². The summed E-state index contributed by atoms with van der Waals surface area (Å²) in [7, 11) is 0. The molecule has 0 aliphatic rings. The highest BCUT2D eigenvalue weighted by atomic mass is 32.2. The minimum atomic E-state index is -0.174. The van der Waals surface area contributed by atoms with Crippen molar-refractivity contribution in [3.8, 4) is 11.6 Å². The van der Waals surface area contributed by atoms with E-state index in [4.69, 9.17) is 4.42 Å². The van der Waals surface area contributed by atoms with Crippen molar-refractivity contribution in [2.24, 2.45) is 0 Å². The van der Waals surface area contributed by atoms with Gasteiger partial charge in [0.25, 0.3) is 11.1 Å². The highest BCUT2D eigenvalue weighted by Gasteiger charge is 2.12. The van der Waals surface area contributed by atoms with Crippen molar-refractivity contribution < 1.29 is 9.21 Å². The number of anilines is 1. The van der Waals surface area contributed by atoms with Crippen LogP contribution in [0.1, 0.15) is 0 Å². The van der Waals surface area contributed by atoms with Gasteiger partial charge in [-0.05, 0) is 12.1 Å². The molecule has 0 aliphatic heterocycles. The number of hydrogen-bond acceptors (Lipinski definition) is 8. The van der Waals surface area contributed by atoms with E-state index >= 15 is 0 Å². The Morgan fingerprint density at radius 1 is 1.29 bits per heavy atom. The monoisotopic (exact) mass is 319 g/mol. The van der Waals surface area contributed by atoms with Crippen molar-refractivity contribution in [1.29, 1.82) is 0 Å². The number of thiazole rings is 1. The number of pyridine rings is 1. The molecule has 0 atom stereocenters. The van der Waals surface area contributed by atoms with Gasteiger partial charge in [-0.15, -0.1) is 21.5 Å². The largest absolute Gasteiger partial charge is 0.410 e. The molecule has 0 unspecified atom stereocenters. The normalized spacial score (nSPS) is 10.5. The second-order valence-corrected chi connectivity index (χ2v) is 5.58. The Hall–Kier alpha value is -2.26. The summed E-state index contributed by atoms with van der Waals surface area (Å²) in [5.74, 6) is 0.328. The zero-order valence-corrected chi connectivity index (χ0v) is 12.2. The summed E-state index contributed by atoms with van der Waals surface area (Å²) in [5.41, 5.74) is 0.601. The molecule has 3 aromatic rings. The summed E-state index contributed by atoms with van der Waals surface area (Å²) in [6.45, 7) is 0. The number of amides is 1. The molecule has 0 aliphatic carbocycles. The van der Waals surface area contributed by atoms with Gasteiger partial charge in [-0.2, -0.15) is 0 Å². The average Bonchev–Trinajstić information content (AvgIpc) is 3.17. The van der Waals surface area contributed by atoms with Gasteiger partial charge >= 0.3 is 0 Å². The van der Waals surface area contributed by atoms with Crippen LogP contribution in [0.2, 0.25) is 0 Å². The summed E-state index contributed by atoms with van der Waals surface area (Å²) in [6, 6.07) is 5.41. The van der Waals surface area contributed by atoms with Crippen LogP contribution < -0.4 is 5.32 Å². The van der Waals surface area contributed by atoms with Crippen molar-refractivity contribution in [1.82, 2.24) is 20.2 Å². The number of thioether (sulfide) groups is 1. The smallest absolute Gasteiger partial charge is 0.277 e. The highest BCUT2D eigenvalue weighted by molar-refractivity contribution is 7.99. The van der Waals surface area contributed by atoms with Gasteiger partial charge in [0.15, 0.2) is 5.13 Å². The molecule has 1 amide bonds. The fourth-order valence-corrected chi connectivity index (χ4v) is 2.54. The first kappa shape index (κ1) is 13.7. The second-order valence-electron chi connectivity index (χ2n) is 3.76. The van der Waals surface area contributed by atoms with E-state index in [2.05, 4.69) is 25.5 Å². The first-order chi connectivity index (χ1) is 10.3. The van der Waals surface area contributed by atoms with Crippen LogP contribution in [-0.2, 0) is 4.79 Å². The Bertz CT molecular complexity index is 714. The molecule has 0 saturated carbocycles. The Kier molecular flexibility index (Phi) is 4.22. The summed E-state index contributed by atoms with van der Waals surface area (Å²) in [5, 5.41) is 13.1. The Labute approximate surface area is 127 Å². The van der Waals surface area contributed by atoms with E-state index in [1.165, 1.54) is 11.3 Å². The van der Waals surface area contributed by atoms with E-state index in [9.17, 15) is 4.79 Å².